The highest BCUT2D eigenvalue weighted by atomic mass is 16.5. The summed E-state index contributed by atoms with van der Waals surface area (Å²) in [5.74, 6) is 0.986. The third-order valence-corrected chi connectivity index (χ3v) is 3.22. The standard InChI is InChI=1S/C14H25N3O/c1-12(2,3)15-8-9-16-10-11(17-9)14(6,7)18-13(10,4)5/h15H,8H2,1-7H3,(H,16,17). The predicted molar refractivity (Wildman–Crippen MR) is 72.3 cm³/mol. The van der Waals surface area contributed by atoms with Crippen LogP contribution in [0.4, 0.5) is 0 Å². The average molecular weight is 251 g/mol. The smallest absolute Gasteiger partial charge is 0.120 e. The van der Waals surface area contributed by atoms with Crippen molar-refractivity contribution in [3.05, 3.63) is 17.2 Å². The minimum absolute atomic E-state index is 0.0960. The molecule has 0 bridgehead atoms. The molecule has 4 nitrogen and oxygen atoms in total. The van der Waals surface area contributed by atoms with Crippen LogP contribution in [0.2, 0.25) is 0 Å². The quantitative estimate of drug-likeness (QED) is 0.849. The number of hydrogen-bond acceptors (Lipinski definition) is 3. The first-order chi connectivity index (χ1) is 8.01. The van der Waals surface area contributed by atoms with Gasteiger partial charge in [-0.2, -0.15) is 0 Å². The maximum atomic E-state index is 6.03. The van der Waals surface area contributed by atoms with Gasteiger partial charge in [0.25, 0.3) is 0 Å². The van der Waals surface area contributed by atoms with Crippen LogP contribution in [0.3, 0.4) is 0 Å². The van der Waals surface area contributed by atoms with E-state index in [-0.39, 0.29) is 16.7 Å². The average Bonchev–Trinajstić information content (AvgIpc) is 2.62. The maximum Gasteiger partial charge on any atom is 0.120 e. The Kier molecular flexibility index (Phi) is 2.87. The molecule has 2 N–H and O–H groups in total. The summed E-state index contributed by atoms with van der Waals surface area (Å²) in [4.78, 5) is 8.11. The van der Waals surface area contributed by atoms with E-state index in [4.69, 9.17) is 9.72 Å². The van der Waals surface area contributed by atoms with E-state index in [0.29, 0.717) is 0 Å². The number of aromatic amines is 1. The lowest BCUT2D eigenvalue weighted by Crippen LogP contribution is -2.35. The van der Waals surface area contributed by atoms with Crippen molar-refractivity contribution in [1.29, 1.82) is 0 Å². The predicted octanol–water partition coefficient (Wildman–Crippen LogP) is 2.80. The molecule has 0 unspecified atom stereocenters. The second-order valence-electron chi connectivity index (χ2n) is 7.13. The number of nitrogens with zero attached hydrogens (tertiary/aromatic N) is 1. The molecule has 1 aliphatic heterocycles. The van der Waals surface area contributed by atoms with E-state index in [0.717, 1.165) is 23.8 Å². The second-order valence-corrected chi connectivity index (χ2v) is 7.13. The van der Waals surface area contributed by atoms with Gasteiger partial charge < -0.3 is 15.0 Å². The van der Waals surface area contributed by atoms with Gasteiger partial charge in [-0.25, -0.2) is 4.98 Å². The van der Waals surface area contributed by atoms with Crippen LogP contribution in [-0.2, 0) is 22.5 Å². The number of imidazole rings is 1. The lowest BCUT2D eigenvalue weighted by molar-refractivity contribution is -0.108. The fourth-order valence-electron chi connectivity index (χ4n) is 2.46. The molecule has 0 aliphatic carbocycles. The Labute approximate surface area is 110 Å². The summed E-state index contributed by atoms with van der Waals surface area (Å²) in [5.41, 5.74) is 1.65. The molecule has 0 atom stereocenters. The van der Waals surface area contributed by atoms with Crippen molar-refractivity contribution in [2.75, 3.05) is 0 Å². The number of nitrogens with one attached hydrogen (secondary N) is 2. The summed E-state index contributed by atoms with van der Waals surface area (Å²) in [7, 11) is 0. The number of H-pyrrole nitrogens is 1. The maximum absolute atomic E-state index is 6.03. The van der Waals surface area contributed by atoms with Gasteiger partial charge >= 0.3 is 0 Å². The summed E-state index contributed by atoms with van der Waals surface area (Å²) < 4.78 is 6.03. The zero-order valence-corrected chi connectivity index (χ0v) is 12.6. The lowest BCUT2D eigenvalue weighted by Gasteiger charge is -2.25. The largest absolute Gasteiger partial charge is 0.357 e. The minimum Gasteiger partial charge on any atom is -0.357 e. The molecular weight excluding hydrogens is 226 g/mol. The van der Waals surface area contributed by atoms with Gasteiger partial charge in [0.05, 0.1) is 17.9 Å². The number of aromatic nitrogens is 2. The fraction of sp³-hybridized carbons (Fsp3) is 0.786. The van der Waals surface area contributed by atoms with Crippen molar-refractivity contribution in [1.82, 2.24) is 15.3 Å². The van der Waals surface area contributed by atoms with E-state index in [1.807, 2.05) is 0 Å². The molecule has 102 valence electrons. The molecule has 0 amide bonds. The van der Waals surface area contributed by atoms with Gasteiger partial charge in [-0.3, -0.25) is 0 Å². The molecule has 0 spiro atoms. The monoisotopic (exact) mass is 251 g/mol. The normalized spacial score (nSPS) is 21.1. The molecule has 18 heavy (non-hydrogen) atoms. The first-order valence-electron chi connectivity index (χ1n) is 6.56. The molecule has 0 fully saturated rings. The van der Waals surface area contributed by atoms with Crippen LogP contribution in [0.25, 0.3) is 0 Å². The van der Waals surface area contributed by atoms with Crippen LogP contribution in [0.1, 0.15) is 65.7 Å². The van der Waals surface area contributed by atoms with Crippen molar-refractivity contribution >= 4 is 0 Å². The van der Waals surface area contributed by atoms with E-state index < -0.39 is 0 Å². The van der Waals surface area contributed by atoms with Crippen molar-refractivity contribution in [3.63, 3.8) is 0 Å². The SMILES string of the molecule is CC(C)(C)NCc1nc2c([nH]1)C(C)(C)OC2(C)C. The number of ether oxygens (including phenoxy) is 1. The molecule has 0 saturated heterocycles. The first-order valence-corrected chi connectivity index (χ1v) is 6.56. The van der Waals surface area contributed by atoms with E-state index in [1.54, 1.807) is 0 Å². The van der Waals surface area contributed by atoms with E-state index in [1.165, 1.54) is 0 Å². The summed E-state index contributed by atoms with van der Waals surface area (Å²) in [6.45, 7) is 15.5. The molecule has 1 aromatic rings. The third kappa shape index (κ3) is 2.45. The van der Waals surface area contributed by atoms with Gasteiger partial charge in [-0.05, 0) is 48.5 Å². The summed E-state index contributed by atoms with van der Waals surface area (Å²) in [5, 5.41) is 3.45. The second kappa shape index (κ2) is 3.81. The highest BCUT2D eigenvalue weighted by Gasteiger charge is 2.46. The number of rotatable bonds is 2. The zero-order valence-electron chi connectivity index (χ0n) is 12.6. The molecule has 1 aliphatic rings. The van der Waals surface area contributed by atoms with Crippen LogP contribution in [-0.4, -0.2) is 15.5 Å². The van der Waals surface area contributed by atoms with Gasteiger partial charge in [0.1, 0.15) is 17.0 Å². The molecular formula is C14H25N3O. The molecule has 0 saturated carbocycles. The Bertz CT molecular complexity index is 421. The molecule has 0 radical (unpaired) electrons. The van der Waals surface area contributed by atoms with Crippen molar-refractivity contribution in [3.8, 4) is 0 Å². The highest BCUT2D eigenvalue weighted by molar-refractivity contribution is 5.30. The van der Waals surface area contributed by atoms with Crippen LogP contribution < -0.4 is 5.32 Å². The van der Waals surface area contributed by atoms with Crippen LogP contribution in [0, 0.1) is 0 Å². The molecule has 0 aromatic carbocycles. The van der Waals surface area contributed by atoms with E-state index >= 15 is 0 Å². The van der Waals surface area contributed by atoms with Gasteiger partial charge in [0, 0.05) is 5.54 Å². The van der Waals surface area contributed by atoms with Crippen molar-refractivity contribution < 1.29 is 4.74 Å². The Balaban J connectivity index is 2.25. The van der Waals surface area contributed by atoms with Crippen LogP contribution in [0.5, 0.6) is 0 Å². The lowest BCUT2D eigenvalue weighted by atomic mass is 10.0. The topological polar surface area (TPSA) is 49.9 Å². The molecule has 2 heterocycles. The number of hydrogen-bond donors (Lipinski definition) is 2. The Morgan fingerprint density at radius 2 is 1.78 bits per heavy atom. The highest BCUT2D eigenvalue weighted by Crippen LogP contribution is 2.45. The fourth-order valence-corrected chi connectivity index (χ4v) is 2.46. The molecule has 4 heteroatoms. The van der Waals surface area contributed by atoms with Gasteiger partial charge in [0.2, 0.25) is 0 Å². The van der Waals surface area contributed by atoms with Crippen molar-refractivity contribution in [2.24, 2.45) is 0 Å². The number of fused-ring (bicyclic) bond motifs is 1. The zero-order chi connectivity index (χ0) is 13.8. The summed E-state index contributed by atoms with van der Waals surface area (Å²) in [6, 6.07) is 0. The van der Waals surface area contributed by atoms with Crippen LogP contribution in [0.15, 0.2) is 0 Å². The minimum atomic E-state index is -0.310. The first kappa shape index (κ1) is 13.6. The Morgan fingerprint density at radius 3 is 2.28 bits per heavy atom. The third-order valence-electron chi connectivity index (χ3n) is 3.22. The van der Waals surface area contributed by atoms with Gasteiger partial charge in [-0.15, -0.1) is 0 Å². The molecule has 1 aromatic heterocycles. The van der Waals surface area contributed by atoms with Crippen molar-refractivity contribution in [2.45, 2.75) is 71.8 Å². The van der Waals surface area contributed by atoms with E-state index in [2.05, 4.69) is 58.8 Å². The summed E-state index contributed by atoms with van der Waals surface area (Å²) in [6.07, 6.45) is 0. The van der Waals surface area contributed by atoms with Crippen LogP contribution >= 0.6 is 0 Å². The van der Waals surface area contributed by atoms with Gasteiger partial charge in [-0.1, -0.05) is 0 Å². The molecule has 2 rings (SSSR count). The summed E-state index contributed by atoms with van der Waals surface area (Å²) >= 11 is 0. The Morgan fingerprint density at radius 1 is 1.17 bits per heavy atom. The Hall–Kier alpha value is -0.870. The van der Waals surface area contributed by atoms with Gasteiger partial charge in [0.15, 0.2) is 0 Å². The van der Waals surface area contributed by atoms with E-state index in [9.17, 15) is 0 Å².